The van der Waals surface area contributed by atoms with Crippen LogP contribution in [0, 0.1) is 13.8 Å². The fraction of sp³-hybridized carbons (Fsp3) is 0.529. The van der Waals surface area contributed by atoms with Crippen molar-refractivity contribution in [1.29, 1.82) is 0 Å². The maximum atomic E-state index is 13.1. The second kappa shape index (κ2) is 7.24. The number of piperazine rings is 1. The average Bonchev–Trinajstić information content (AvgIpc) is 3.13. The summed E-state index contributed by atoms with van der Waals surface area (Å²) in [5.74, 6) is 0.954. The van der Waals surface area contributed by atoms with Gasteiger partial charge in [0.25, 0.3) is 0 Å². The largest absolute Gasteiger partial charge is 0.495 e. The maximum Gasteiger partial charge on any atom is 0.318 e. The molecule has 0 saturated carbocycles. The van der Waals surface area contributed by atoms with Crippen LogP contribution in [0.2, 0.25) is 0 Å². The van der Waals surface area contributed by atoms with E-state index >= 15 is 0 Å². The number of aromatic nitrogens is 2. The Morgan fingerprint density at radius 2 is 1.77 bits per heavy atom. The summed E-state index contributed by atoms with van der Waals surface area (Å²) >= 11 is 0. The van der Waals surface area contributed by atoms with Crippen LogP contribution >= 0.6 is 0 Å². The lowest BCUT2D eigenvalue weighted by Gasteiger charge is -2.33. The summed E-state index contributed by atoms with van der Waals surface area (Å²) in [5.41, 5.74) is 1.91. The molecule has 0 unspecified atom stereocenters. The lowest BCUT2D eigenvalue weighted by atomic mass is 10.1. The van der Waals surface area contributed by atoms with Crippen LogP contribution in [0.1, 0.15) is 23.9 Å². The quantitative estimate of drug-likeness (QED) is 0.781. The van der Waals surface area contributed by atoms with Crippen LogP contribution in [0.4, 0.5) is 6.01 Å². The van der Waals surface area contributed by atoms with Gasteiger partial charge in [-0.05, 0) is 37.1 Å². The highest BCUT2D eigenvalue weighted by atomic mass is 32.2. The molecule has 0 bridgehead atoms. The fourth-order valence-electron chi connectivity index (χ4n) is 2.90. The van der Waals surface area contributed by atoms with Gasteiger partial charge in [-0.3, -0.25) is 0 Å². The van der Waals surface area contributed by atoms with E-state index in [2.05, 4.69) is 10.2 Å². The van der Waals surface area contributed by atoms with Crippen molar-refractivity contribution < 1.29 is 17.6 Å². The molecular formula is C17H24N4O4S. The summed E-state index contributed by atoms with van der Waals surface area (Å²) in [5, 5.41) is 7.99. The van der Waals surface area contributed by atoms with Crippen molar-refractivity contribution in [3.8, 4) is 5.75 Å². The van der Waals surface area contributed by atoms with Crippen molar-refractivity contribution in [3.05, 3.63) is 29.2 Å². The molecule has 2 heterocycles. The van der Waals surface area contributed by atoms with Crippen molar-refractivity contribution in [3.63, 3.8) is 0 Å². The number of hydrogen-bond acceptors (Lipinski definition) is 7. The summed E-state index contributed by atoms with van der Waals surface area (Å²) in [6.45, 7) is 7.47. The van der Waals surface area contributed by atoms with Crippen molar-refractivity contribution in [2.24, 2.45) is 0 Å². The van der Waals surface area contributed by atoms with Crippen molar-refractivity contribution in [2.75, 3.05) is 38.2 Å². The molecule has 0 amide bonds. The molecule has 1 aliphatic heterocycles. The Bertz CT molecular complexity index is 886. The van der Waals surface area contributed by atoms with Gasteiger partial charge in [-0.2, -0.15) is 4.31 Å². The van der Waals surface area contributed by atoms with Crippen molar-refractivity contribution in [1.82, 2.24) is 14.5 Å². The van der Waals surface area contributed by atoms with E-state index in [0.717, 1.165) is 11.1 Å². The van der Waals surface area contributed by atoms with Crippen LogP contribution in [-0.4, -0.2) is 56.2 Å². The van der Waals surface area contributed by atoms with Gasteiger partial charge in [0, 0.05) is 32.6 Å². The molecule has 0 spiro atoms. The van der Waals surface area contributed by atoms with Gasteiger partial charge in [0.1, 0.15) is 10.6 Å². The van der Waals surface area contributed by atoms with Gasteiger partial charge in [0.05, 0.1) is 7.11 Å². The van der Waals surface area contributed by atoms with Crippen molar-refractivity contribution >= 4 is 16.0 Å². The molecule has 1 saturated heterocycles. The van der Waals surface area contributed by atoms with E-state index in [1.807, 2.05) is 25.7 Å². The smallest absolute Gasteiger partial charge is 0.318 e. The number of benzene rings is 1. The normalized spacial score (nSPS) is 16.1. The number of ether oxygens (including phenoxy) is 1. The van der Waals surface area contributed by atoms with E-state index in [1.54, 1.807) is 12.1 Å². The van der Waals surface area contributed by atoms with Gasteiger partial charge in [0.15, 0.2) is 0 Å². The van der Waals surface area contributed by atoms with Gasteiger partial charge in [0.2, 0.25) is 15.9 Å². The van der Waals surface area contributed by atoms with Gasteiger partial charge < -0.3 is 14.1 Å². The number of sulfonamides is 1. The van der Waals surface area contributed by atoms with Gasteiger partial charge >= 0.3 is 6.01 Å². The average molecular weight is 380 g/mol. The van der Waals surface area contributed by atoms with E-state index in [9.17, 15) is 8.42 Å². The first-order valence-electron chi connectivity index (χ1n) is 8.59. The second-order valence-corrected chi connectivity index (χ2v) is 8.22. The zero-order chi connectivity index (χ0) is 18.9. The Labute approximate surface area is 153 Å². The van der Waals surface area contributed by atoms with E-state index in [-0.39, 0.29) is 4.90 Å². The van der Waals surface area contributed by atoms with Crippen LogP contribution in [0.5, 0.6) is 5.75 Å². The first-order chi connectivity index (χ1) is 12.4. The fourth-order valence-corrected chi connectivity index (χ4v) is 4.54. The van der Waals surface area contributed by atoms with Crippen LogP contribution < -0.4 is 9.64 Å². The van der Waals surface area contributed by atoms with Crippen LogP contribution in [0.25, 0.3) is 0 Å². The monoisotopic (exact) mass is 380 g/mol. The third-order valence-corrected chi connectivity index (χ3v) is 6.59. The zero-order valence-corrected chi connectivity index (χ0v) is 16.3. The summed E-state index contributed by atoms with van der Waals surface area (Å²) in [4.78, 5) is 2.12. The highest BCUT2D eigenvalue weighted by molar-refractivity contribution is 7.89. The van der Waals surface area contributed by atoms with Crippen LogP contribution in [0.15, 0.2) is 21.4 Å². The minimum absolute atomic E-state index is 0.211. The number of anilines is 1. The Balaban J connectivity index is 1.79. The third kappa shape index (κ3) is 3.41. The van der Waals surface area contributed by atoms with E-state index in [1.165, 1.54) is 11.4 Å². The topological polar surface area (TPSA) is 88.8 Å². The van der Waals surface area contributed by atoms with E-state index < -0.39 is 10.0 Å². The Hall–Kier alpha value is -2.13. The molecule has 0 aliphatic carbocycles. The molecule has 3 rings (SSSR count). The maximum absolute atomic E-state index is 13.1. The molecule has 1 fully saturated rings. The second-order valence-electron chi connectivity index (χ2n) is 6.31. The number of aryl methyl sites for hydroxylation is 3. The number of hydrogen-bond donors (Lipinski definition) is 0. The predicted octanol–water partition coefficient (Wildman–Crippen LogP) is 1.77. The molecule has 9 heteroatoms. The first-order valence-corrected chi connectivity index (χ1v) is 10.0. The molecule has 0 N–H and O–H groups in total. The predicted molar refractivity (Wildman–Crippen MR) is 97.1 cm³/mol. The highest BCUT2D eigenvalue weighted by Crippen LogP contribution is 2.30. The lowest BCUT2D eigenvalue weighted by Crippen LogP contribution is -2.48. The number of rotatable bonds is 5. The van der Waals surface area contributed by atoms with Gasteiger partial charge in [-0.25, -0.2) is 8.42 Å². The first kappa shape index (κ1) is 18.7. The summed E-state index contributed by atoms with van der Waals surface area (Å²) in [6.07, 6.45) is 0.675. The van der Waals surface area contributed by atoms with Gasteiger partial charge in [-0.1, -0.05) is 12.0 Å². The lowest BCUT2D eigenvalue weighted by molar-refractivity contribution is 0.363. The standard InChI is InChI=1S/C17H24N4O4S/c1-5-16-18-19-17(25-16)20-6-8-21(9-7-20)26(22,23)15-11-13(3)12(2)10-14(15)24-4/h10-11H,5-9H2,1-4H3. The minimum Gasteiger partial charge on any atom is -0.495 e. The summed E-state index contributed by atoms with van der Waals surface area (Å²) in [6, 6.07) is 3.90. The number of methoxy groups -OCH3 is 1. The third-order valence-electron chi connectivity index (χ3n) is 4.67. The van der Waals surface area contributed by atoms with Crippen LogP contribution in [0.3, 0.4) is 0 Å². The molecule has 1 aromatic heterocycles. The van der Waals surface area contributed by atoms with E-state index in [4.69, 9.17) is 9.15 Å². The minimum atomic E-state index is -3.63. The summed E-state index contributed by atoms with van der Waals surface area (Å²) in [7, 11) is -2.15. The van der Waals surface area contributed by atoms with E-state index in [0.29, 0.717) is 50.3 Å². The molecular weight excluding hydrogens is 356 g/mol. The molecule has 0 radical (unpaired) electrons. The molecule has 0 atom stereocenters. The molecule has 8 nitrogen and oxygen atoms in total. The molecule has 2 aromatic rings. The number of nitrogens with zero attached hydrogens (tertiary/aromatic N) is 4. The Morgan fingerprint density at radius 3 is 2.35 bits per heavy atom. The molecule has 26 heavy (non-hydrogen) atoms. The van der Waals surface area contributed by atoms with Crippen molar-refractivity contribution in [2.45, 2.75) is 32.1 Å². The molecule has 1 aromatic carbocycles. The Kier molecular flexibility index (Phi) is 5.19. The van der Waals surface area contributed by atoms with Crippen LogP contribution in [-0.2, 0) is 16.4 Å². The SMILES string of the molecule is CCc1nnc(N2CCN(S(=O)(=O)c3cc(C)c(C)cc3OC)CC2)o1. The molecule has 142 valence electrons. The molecule has 1 aliphatic rings. The summed E-state index contributed by atoms with van der Waals surface area (Å²) < 4.78 is 38.6. The highest BCUT2D eigenvalue weighted by Gasteiger charge is 2.32. The Morgan fingerprint density at radius 1 is 1.12 bits per heavy atom. The van der Waals surface area contributed by atoms with Gasteiger partial charge in [-0.15, -0.1) is 5.10 Å². The zero-order valence-electron chi connectivity index (χ0n) is 15.5.